The van der Waals surface area contributed by atoms with Crippen LogP contribution in [-0.4, -0.2) is 21.4 Å². The van der Waals surface area contributed by atoms with Crippen LogP contribution >= 0.6 is 0 Å². The molecule has 30 heavy (non-hydrogen) atoms. The van der Waals surface area contributed by atoms with Crippen LogP contribution in [0.5, 0.6) is 5.75 Å². The van der Waals surface area contributed by atoms with Gasteiger partial charge in [0.05, 0.1) is 7.11 Å². The Morgan fingerprint density at radius 1 is 0.933 bits per heavy atom. The molecule has 3 aromatic carbocycles. The van der Waals surface area contributed by atoms with Gasteiger partial charge in [0.25, 0.3) is 5.91 Å². The molecule has 0 aliphatic rings. The number of sulfonamides is 1. The minimum atomic E-state index is -3.90. The lowest BCUT2D eigenvalue weighted by atomic mass is 10.1. The van der Waals surface area contributed by atoms with Crippen molar-refractivity contribution in [2.24, 2.45) is 0 Å². The van der Waals surface area contributed by atoms with E-state index in [1.54, 1.807) is 0 Å². The second-order valence-corrected chi connectivity index (χ2v) is 8.66. The number of aryl methyl sites for hydroxylation is 2. The van der Waals surface area contributed by atoms with Gasteiger partial charge in [-0.25, -0.2) is 13.1 Å². The molecule has 0 saturated heterocycles. The zero-order valence-electron chi connectivity index (χ0n) is 17.1. The number of nitrogens with one attached hydrogen (secondary N) is 2. The standard InChI is InChI=1S/C23H24N2O4S/c1-16-9-11-20(13-17(16)2)25-23(26)19-10-12-21(29-3)22(14-19)30(27,28)24-15-18-7-5-4-6-8-18/h4-14,24H,15H2,1-3H3,(H,25,26). The second-order valence-electron chi connectivity index (χ2n) is 6.93. The zero-order chi connectivity index (χ0) is 21.7. The molecule has 0 saturated carbocycles. The van der Waals surface area contributed by atoms with Gasteiger partial charge in [-0.1, -0.05) is 36.4 Å². The van der Waals surface area contributed by atoms with Gasteiger partial charge in [-0.05, 0) is 60.9 Å². The number of anilines is 1. The third-order valence-electron chi connectivity index (χ3n) is 4.79. The summed E-state index contributed by atoms with van der Waals surface area (Å²) in [5.74, 6) is -0.237. The van der Waals surface area contributed by atoms with Gasteiger partial charge in [-0.15, -0.1) is 0 Å². The highest BCUT2D eigenvalue weighted by Gasteiger charge is 2.21. The first-order valence-corrected chi connectivity index (χ1v) is 10.9. The van der Waals surface area contributed by atoms with Gasteiger partial charge >= 0.3 is 0 Å². The average molecular weight is 425 g/mol. The number of methoxy groups -OCH3 is 1. The average Bonchev–Trinajstić information content (AvgIpc) is 2.75. The summed E-state index contributed by atoms with van der Waals surface area (Å²) in [6, 6.07) is 19.1. The molecule has 7 heteroatoms. The van der Waals surface area contributed by atoms with Gasteiger partial charge < -0.3 is 10.1 Å². The van der Waals surface area contributed by atoms with Gasteiger partial charge in [0.15, 0.2) is 0 Å². The highest BCUT2D eigenvalue weighted by molar-refractivity contribution is 7.89. The quantitative estimate of drug-likeness (QED) is 0.599. The van der Waals surface area contributed by atoms with E-state index in [0.717, 1.165) is 16.7 Å². The molecule has 0 heterocycles. The number of carbonyl (C=O) groups excluding carboxylic acids is 1. The number of ether oxygens (including phenoxy) is 1. The molecule has 0 aromatic heterocycles. The molecule has 0 radical (unpaired) electrons. The van der Waals surface area contributed by atoms with Crippen molar-refractivity contribution in [1.82, 2.24) is 4.72 Å². The number of hydrogen-bond donors (Lipinski definition) is 2. The largest absolute Gasteiger partial charge is 0.495 e. The summed E-state index contributed by atoms with van der Waals surface area (Å²) < 4.78 is 33.5. The normalized spacial score (nSPS) is 11.2. The topological polar surface area (TPSA) is 84.5 Å². The van der Waals surface area contributed by atoms with E-state index >= 15 is 0 Å². The maximum atomic E-state index is 12.9. The molecule has 0 unspecified atom stereocenters. The molecule has 0 fully saturated rings. The van der Waals surface area contributed by atoms with Crippen molar-refractivity contribution >= 4 is 21.6 Å². The predicted molar refractivity (Wildman–Crippen MR) is 117 cm³/mol. The monoisotopic (exact) mass is 424 g/mol. The van der Waals surface area contributed by atoms with E-state index in [-0.39, 0.29) is 22.8 Å². The number of amides is 1. The Kier molecular flexibility index (Phi) is 6.54. The van der Waals surface area contributed by atoms with Crippen molar-refractivity contribution in [1.29, 1.82) is 0 Å². The SMILES string of the molecule is COc1ccc(C(=O)Nc2ccc(C)c(C)c2)cc1S(=O)(=O)NCc1ccccc1. The molecule has 0 aliphatic carbocycles. The van der Waals surface area contributed by atoms with Crippen molar-refractivity contribution in [3.8, 4) is 5.75 Å². The Balaban J connectivity index is 1.85. The van der Waals surface area contributed by atoms with E-state index < -0.39 is 15.9 Å². The van der Waals surface area contributed by atoms with Crippen molar-refractivity contribution in [2.75, 3.05) is 12.4 Å². The molecule has 0 aliphatic heterocycles. The van der Waals surface area contributed by atoms with Crippen LogP contribution in [0.1, 0.15) is 27.0 Å². The summed E-state index contributed by atoms with van der Waals surface area (Å²) in [5.41, 5.74) is 3.86. The molecule has 0 spiro atoms. The lowest BCUT2D eigenvalue weighted by Crippen LogP contribution is -2.24. The van der Waals surface area contributed by atoms with E-state index in [2.05, 4.69) is 10.0 Å². The Bertz CT molecular complexity index is 1160. The minimum absolute atomic E-state index is 0.0892. The van der Waals surface area contributed by atoms with E-state index in [1.807, 2.05) is 62.4 Å². The van der Waals surface area contributed by atoms with Crippen LogP contribution < -0.4 is 14.8 Å². The molecule has 156 valence electrons. The predicted octanol–water partition coefficient (Wildman–Crippen LogP) is 4.04. The van der Waals surface area contributed by atoms with Crippen molar-refractivity contribution < 1.29 is 17.9 Å². The first-order chi connectivity index (χ1) is 14.3. The van der Waals surface area contributed by atoms with E-state index in [4.69, 9.17) is 4.74 Å². The van der Waals surface area contributed by atoms with Gasteiger partial charge in [0.1, 0.15) is 10.6 Å². The third-order valence-corrected chi connectivity index (χ3v) is 6.21. The van der Waals surface area contributed by atoms with Crippen LogP contribution in [0.25, 0.3) is 0 Å². The maximum absolute atomic E-state index is 12.9. The molecular weight excluding hydrogens is 400 g/mol. The van der Waals surface area contributed by atoms with Crippen LogP contribution in [-0.2, 0) is 16.6 Å². The van der Waals surface area contributed by atoms with Crippen LogP contribution in [0, 0.1) is 13.8 Å². The Hall–Kier alpha value is -3.16. The van der Waals surface area contributed by atoms with Crippen LogP contribution in [0.2, 0.25) is 0 Å². The summed E-state index contributed by atoms with van der Waals surface area (Å²) in [7, 11) is -2.51. The number of benzene rings is 3. The summed E-state index contributed by atoms with van der Waals surface area (Å²) in [4.78, 5) is 12.6. The molecule has 3 rings (SSSR count). The van der Waals surface area contributed by atoms with Crippen LogP contribution in [0.4, 0.5) is 5.69 Å². The molecule has 2 N–H and O–H groups in total. The molecule has 0 atom stereocenters. The molecule has 0 bridgehead atoms. The first kappa shape index (κ1) is 21.5. The van der Waals surface area contributed by atoms with Crippen LogP contribution in [0.15, 0.2) is 71.6 Å². The summed E-state index contributed by atoms with van der Waals surface area (Å²) in [6.45, 7) is 4.08. The fourth-order valence-corrected chi connectivity index (χ4v) is 4.11. The Morgan fingerprint density at radius 3 is 2.33 bits per heavy atom. The molecule has 6 nitrogen and oxygen atoms in total. The highest BCUT2D eigenvalue weighted by Crippen LogP contribution is 2.26. The number of carbonyl (C=O) groups is 1. The van der Waals surface area contributed by atoms with Crippen molar-refractivity contribution in [3.05, 3.63) is 89.0 Å². The second kappa shape index (κ2) is 9.11. The van der Waals surface area contributed by atoms with Gasteiger partial charge in [-0.2, -0.15) is 0 Å². The summed E-state index contributed by atoms with van der Waals surface area (Å²) in [5, 5.41) is 2.81. The van der Waals surface area contributed by atoms with E-state index in [9.17, 15) is 13.2 Å². The first-order valence-electron chi connectivity index (χ1n) is 9.40. The maximum Gasteiger partial charge on any atom is 0.255 e. The highest BCUT2D eigenvalue weighted by atomic mass is 32.2. The van der Waals surface area contributed by atoms with Crippen molar-refractivity contribution in [3.63, 3.8) is 0 Å². The van der Waals surface area contributed by atoms with Crippen LogP contribution in [0.3, 0.4) is 0 Å². The summed E-state index contributed by atoms with van der Waals surface area (Å²) >= 11 is 0. The van der Waals surface area contributed by atoms with E-state index in [1.165, 1.54) is 25.3 Å². The van der Waals surface area contributed by atoms with Gasteiger partial charge in [0, 0.05) is 17.8 Å². The molecule has 3 aromatic rings. The Labute approximate surface area is 177 Å². The fourth-order valence-electron chi connectivity index (χ4n) is 2.90. The molecule has 1 amide bonds. The number of hydrogen-bond acceptors (Lipinski definition) is 4. The number of rotatable bonds is 7. The fraction of sp³-hybridized carbons (Fsp3) is 0.174. The zero-order valence-corrected chi connectivity index (χ0v) is 17.9. The van der Waals surface area contributed by atoms with Crippen molar-refractivity contribution in [2.45, 2.75) is 25.3 Å². The summed E-state index contributed by atoms with van der Waals surface area (Å²) in [6.07, 6.45) is 0. The molecular formula is C23H24N2O4S. The van der Waals surface area contributed by atoms with Gasteiger partial charge in [-0.3, -0.25) is 4.79 Å². The minimum Gasteiger partial charge on any atom is -0.495 e. The van der Waals surface area contributed by atoms with Gasteiger partial charge in [0.2, 0.25) is 10.0 Å². The lowest BCUT2D eigenvalue weighted by molar-refractivity contribution is 0.102. The lowest BCUT2D eigenvalue weighted by Gasteiger charge is -2.13. The Morgan fingerprint density at radius 2 is 1.67 bits per heavy atom. The smallest absolute Gasteiger partial charge is 0.255 e. The third kappa shape index (κ3) is 5.06. The van der Waals surface area contributed by atoms with E-state index in [0.29, 0.717) is 5.69 Å².